The number of hydroxylamine groups is 2. The van der Waals surface area contributed by atoms with Gasteiger partial charge in [0.05, 0.1) is 0 Å². The molecule has 0 bridgehead atoms. The number of hydrogen-bond donors (Lipinski definition) is 0. The Bertz CT molecular complexity index is 282. The quantitative estimate of drug-likeness (QED) is 0.579. The van der Waals surface area contributed by atoms with Crippen molar-refractivity contribution < 1.29 is 32.4 Å². The summed E-state index contributed by atoms with van der Waals surface area (Å²) in [4.78, 5) is 35.2. The van der Waals surface area contributed by atoms with Crippen LogP contribution in [0.4, 0.5) is 13.2 Å². The molecule has 0 aromatic rings. The van der Waals surface area contributed by atoms with Gasteiger partial charge in [-0.1, -0.05) is 0 Å². The fourth-order valence-electron chi connectivity index (χ4n) is 0.793. The molecular formula is C6H4F3NO4. The molecule has 0 radical (unpaired) electrons. The number of rotatable bonds is 1. The van der Waals surface area contributed by atoms with Crippen LogP contribution in [0.15, 0.2) is 0 Å². The van der Waals surface area contributed by atoms with Gasteiger partial charge in [-0.25, -0.2) is 4.79 Å². The third kappa shape index (κ3) is 2.01. The lowest BCUT2D eigenvalue weighted by Crippen LogP contribution is -2.37. The van der Waals surface area contributed by atoms with Gasteiger partial charge in [0.2, 0.25) is 0 Å². The van der Waals surface area contributed by atoms with Crippen molar-refractivity contribution in [3.8, 4) is 0 Å². The lowest BCUT2D eigenvalue weighted by molar-refractivity contribution is -0.232. The van der Waals surface area contributed by atoms with E-state index in [9.17, 15) is 27.6 Å². The number of carbonyl (C=O) groups is 3. The second kappa shape index (κ2) is 3.28. The van der Waals surface area contributed by atoms with Crippen molar-refractivity contribution in [2.24, 2.45) is 0 Å². The molecule has 0 unspecified atom stereocenters. The van der Waals surface area contributed by atoms with Gasteiger partial charge in [0.25, 0.3) is 11.8 Å². The van der Waals surface area contributed by atoms with Crippen molar-refractivity contribution in [1.82, 2.24) is 5.06 Å². The van der Waals surface area contributed by atoms with E-state index in [0.29, 0.717) is 0 Å². The topological polar surface area (TPSA) is 63.7 Å². The number of alkyl halides is 3. The summed E-state index contributed by atoms with van der Waals surface area (Å²) < 4.78 is 34.9. The molecule has 1 aliphatic heterocycles. The zero-order valence-corrected chi connectivity index (χ0v) is 6.63. The zero-order valence-electron chi connectivity index (χ0n) is 6.63. The van der Waals surface area contributed by atoms with Crippen LogP contribution in [0.3, 0.4) is 0 Å². The fourth-order valence-corrected chi connectivity index (χ4v) is 0.793. The number of imide groups is 1. The molecule has 0 N–H and O–H groups in total. The molecule has 0 aliphatic carbocycles. The van der Waals surface area contributed by atoms with Gasteiger partial charge >= 0.3 is 12.1 Å². The molecule has 1 saturated heterocycles. The normalized spacial score (nSPS) is 17.5. The van der Waals surface area contributed by atoms with Crippen LogP contribution in [-0.4, -0.2) is 29.0 Å². The molecule has 1 rings (SSSR count). The Morgan fingerprint density at radius 1 is 1.21 bits per heavy atom. The summed E-state index contributed by atoms with van der Waals surface area (Å²) in [7, 11) is 0. The van der Waals surface area contributed by atoms with Crippen LogP contribution >= 0.6 is 0 Å². The maximum absolute atomic E-state index is 11.6. The van der Waals surface area contributed by atoms with E-state index in [-0.39, 0.29) is 17.9 Å². The smallest absolute Gasteiger partial charge is 0.322 e. The Morgan fingerprint density at radius 3 is 2.00 bits per heavy atom. The highest BCUT2D eigenvalue weighted by atomic mass is 19.4. The van der Waals surface area contributed by atoms with Gasteiger partial charge < -0.3 is 4.84 Å². The molecule has 1 aliphatic rings. The first-order valence-corrected chi connectivity index (χ1v) is 3.47. The highest BCUT2D eigenvalue weighted by Gasteiger charge is 2.45. The fraction of sp³-hybridized carbons (Fsp3) is 0.500. The Labute approximate surface area is 75.4 Å². The maximum atomic E-state index is 11.6. The molecular weight excluding hydrogens is 207 g/mol. The van der Waals surface area contributed by atoms with Crippen LogP contribution in [0.5, 0.6) is 0 Å². The van der Waals surface area contributed by atoms with Gasteiger partial charge in [0.15, 0.2) is 0 Å². The molecule has 5 nitrogen and oxygen atoms in total. The maximum Gasteiger partial charge on any atom is 0.493 e. The molecule has 0 saturated carbocycles. The van der Waals surface area contributed by atoms with Gasteiger partial charge in [0.1, 0.15) is 0 Å². The summed E-state index contributed by atoms with van der Waals surface area (Å²) in [6, 6.07) is 0. The first kappa shape index (κ1) is 10.5. The van der Waals surface area contributed by atoms with Crippen molar-refractivity contribution in [3.63, 3.8) is 0 Å². The predicted octanol–water partition coefficient (Wildman–Crippen LogP) is 0.156. The van der Waals surface area contributed by atoms with E-state index in [0.717, 1.165) is 0 Å². The third-order valence-electron chi connectivity index (χ3n) is 1.41. The number of halogens is 3. The number of amides is 2. The monoisotopic (exact) mass is 211 g/mol. The lowest BCUT2D eigenvalue weighted by Gasteiger charge is -2.13. The van der Waals surface area contributed by atoms with Crippen molar-refractivity contribution in [2.75, 3.05) is 0 Å². The standard InChI is InChI=1S/C6H4F3NO4/c7-6(8,9)5(13)14-10-3(11)1-2-4(10)12/h1-2H2. The minimum absolute atomic E-state index is 0.157. The van der Waals surface area contributed by atoms with E-state index < -0.39 is 24.0 Å². The van der Waals surface area contributed by atoms with Crippen LogP contribution < -0.4 is 0 Å². The highest BCUT2D eigenvalue weighted by molar-refractivity contribution is 6.01. The van der Waals surface area contributed by atoms with E-state index in [2.05, 4.69) is 4.84 Å². The minimum atomic E-state index is -5.22. The van der Waals surface area contributed by atoms with Crippen LogP contribution in [0.25, 0.3) is 0 Å². The average molecular weight is 211 g/mol. The molecule has 2 amide bonds. The Morgan fingerprint density at radius 2 is 1.64 bits per heavy atom. The van der Waals surface area contributed by atoms with Crippen molar-refractivity contribution in [3.05, 3.63) is 0 Å². The van der Waals surface area contributed by atoms with Crippen LogP contribution in [0, 0.1) is 0 Å². The molecule has 0 spiro atoms. The summed E-state index contributed by atoms with van der Waals surface area (Å²) in [6.45, 7) is 0. The molecule has 0 aromatic carbocycles. The van der Waals surface area contributed by atoms with Crippen molar-refractivity contribution in [2.45, 2.75) is 19.0 Å². The predicted molar refractivity (Wildman–Crippen MR) is 33.2 cm³/mol. The molecule has 78 valence electrons. The van der Waals surface area contributed by atoms with E-state index >= 15 is 0 Å². The largest absolute Gasteiger partial charge is 0.493 e. The second-order valence-electron chi connectivity index (χ2n) is 2.46. The van der Waals surface area contributed by atoms with E-state index in [1.807, 2.05) is 0 Å². The molecule has 1 heterocycles. The number of carbonyl (C=O) groups excluding carboxylic acids is 3. The minimum Gasteiger partial charge on any atom is -0.322 e. The summed E-state index contributed by atoms with van der Waals surface area (Å²) in [6.07, 6.45) is -5.71. The van der Waals surface area contributed by atoms with E-state index in [4.69, 9.17) is 0 Å². The van der Waals surface area contributed by atoms with Gasteiger partial charge in [0, 0.05) is 12.8 Å². The lowest BCUT2D eigenvalue weighted by atomic mass is 10.4. The van der Waals surface area contributed by atoms with Crippen molar-refractivity contribution in [1.29, 1.82) is 0 Å². The summed E-state index contributed by atoms with van der Waals surface area (Å²) >= 11 is 0. The van der Waals surface area contributed by atoms with E-state index in [1.165, 1.54) is 0 Å². The summed E-state index contributed by atoms with van der Waals surface area (Å²) in [5.74, 6) is -4.48. The van der Waals surface area contributed by atoms with E-state index in [1.54, 1.807) is 0 Å². The molecule has 14 heavy (non-hydrogen) atoms. The Hall–Kier alpha value is -1.60. The summed E-state index contributed by atoms with van der Waals surface area (Å²) in [5, 5.41) is -0.157. The number of hydrogen-bond acceptors (Lipinski definition) is 4. The first-order valence-electron chi connectivity index (χ1n) is 3.47. The van der Waals surface area contributed by atoms with Gasteiger partial charge in [-0.3, -0.25) is 9.59 Å². The van der Waals surface area contributed by atoms with Crippen LogP contribution in [0.2, 0.25) is 0 Å². The molecule has 0 aromatic heterocycles. The SMILES string of the molecule is O=C1CCC(=O)N1OC(=O)C(F)(F)F. The third-order valence-corrected chi connectivity index (χ3v) is 1.41. The molecule has 8 heteroatoms. The van der Waals surface area contributed by atoms with Crippen LogP contribution in [0.1, 0.15) is 12.8 Å². The highest BCUT2D eigenvalue weighted by Crippen LogP contribution is 2.20. The van der Waals surface area contributed by atoms with Gasteiger partial charge in [-0.2, -0.15) is 13.2 Å². The van der Waals surface area contributed by atoms with Gasteiger partial charge in [-0.15, -0.1) is 5.06 Å². The Balaban J connectivity index is 2.65. The number of nitrogens with zero attached hydrogens (tertiary/aromatic N) is 1. The van der Waals surface area contributed by atoms with Gasteiger partial charge in [-0.05, 0) is 0 Å². The zero-order chi connectivity index (χ0) is 10.9. The molecule has 0 atom stereocenters. The Kier molecular flexibility index (Phi) is 2.45. The first-order chi connectivity index (χ1) is 6.32. The van der Waals surface area contributed by atoms with Crippen LogP contribution in [-0.2, 0) is 19.2 Å². The molecule has 1 fully saturated rings. The van der Waals surface area contributed by atoms with Crippen molar-refractivity contribution >= 4 is 17.8 Å². The second-order valence-corrected chi connectivity index (χ2v) is 2.46. The average Bonchev–Trinajstić information content (AvgIpc) is 2.34. The summed E-state index contributed by atoms with van der Waals surface area (Å²) in [5.41, 5.74) is 0.